The minimum absolute atomic E-state index is 0.00920. The maximum Gasteiger partial charge on any atom is 0.472 e. The van der Waals surface area contributed by atoms with Crippen molar-refractivity contribution in [2.45, 2.75) is 81.7 Å². The third-order valence-corrected chi connectivity index (χ3v) is 13.2. The van der Waals surface area contributed by atoms with E-state index in [0.29, 0.717) is 17.6 Å². The second kappa shape index (κ2) is 17.2. The van der Waals surface area contributed by atoms with Gasteiger partial charge in [-0.15, -0.1) is 0 Å². The molecule has 0 radical (unpaired) electrons. The molecule has 0 saturated carbocycles. The number of nitrogens with two attached hydrogens (primary N) is 3. The molecule has 3 aliphatic heterocycles. The molecule has 3 aliphatic rings. The number of rotatable bonds is 15. The van der Waals surface area contributed by atoms with Crippen LogP contribution in [-0.2, 0) is 50.9 Å². The Morgan fingerprint density at radius 1 is 0.787 bits per heavy atom. The van der Waals surface area contributed by atoms with Gasteiger partial charge in [0.05, 0.1) is 38.1 Å². The van der Waals surface area contributed by atoms with E-state index < -0.39 is 88.3 Å². The van der Waals surface area contributed by atoms with Crippen LogP contribution in [-0.4, -0.2) is 124 Å². The van der Waals surface area contributed by atoms with Crippen molar-refractivity contribution in [2.75, 3.05) is 44.6 Å². The number of phosphoric acid groups is 1. The average molecular weight is 912 g/mol. The van der Waals surface area contributed by atoms with E-state index in [4.69, 9.17) is 59.0 Å². The molecule has 7 unspecified atom stereocenters. The van der Waals surface area contributed by atoms with Crippen molar-refractivity contribution in [3.05, 3.63) is 48.1 Å². The van der Waals surface area contributed by atoms with Crippen LogP contribution in [0.4, 0.5) is 17.5 Å². The third-order valence-electron chi connectivity index (χ3n) is 10.6. The van der Waals surface area contributed by atoms with E-state index >= 15 is 0 Å². The summed E-state index contributed by atoms with van der Waals surface area (Å²) in [7, 11) is -2.34. The van der Waals surface area contributed by atoms with Crippen LogP contribution < -0.4 is 22.9 Å². The predicted octanol–water partition coefficient (Wildman–Crippen LogP) is 1.38. The van der Waals surface area contributed by atoms with Gasteiger partial charge in [0.25, 0.3) is 0 Å². The van der Waals surface area contributed by atoms with Crippen LogP contribution in [0.3, 0.4) is 0 Å². The number of imidazole rings is 2. The summed E-state index contributed by atoms with van der Waals surface area (Å²) in [6, 6.07) is 1.39. The lowest BCUT2D eigenvalue weighted by molar-refractivity contribution is -0.0625. The Labute approximate surface area is 350 Å². The first kappa shape index (κ1) is 43.4. The SMILES string of the molecule is COC1C(OP(=O)(O)OC[C@H]2O[C@@H](n3cnc4c(N)ncnc43)C(OC)C2OP(=O)(S)OC[C@H]2O[C@@H](n3cnc4c(N)ncnc43)CC2C)[C@@H](C)O[C@H]1n1ccc(N)nc1=O. The molecule has 0 amide bonds. The molecule has 330 valence electrons. The monoisotopic (exact) mass is 911 g/mol. The first-order chi connectivity index (χ1) is 29.1. The minimum atomic E-state index is -5.00. The fourth-order valence-electron chi connectivity index (χ4n) is 7.57. The molecular formula is C32H43N13O13P2S. The fraction of sp³-hybridized carbons (Fsp3) is 0.562. The molecule has 61 heavy (non-hydrogen) atoms. The normalized spacial score (nSPS) is 31.2. The Morgan fingerprint density at radius 2 is 1.39 bits per heavy atom. The zero-order chi connectivity index (χ0) is 43.4. The summed E-state index contributed by atoms with van der Waals surface area (Å²) in [5.74, 6) is 0.226. The van der Waals surface area contributed by atoms with E-state index in [9.17, 15) is 18.8 Å². The van der Waals surface area contributed by atoms with Gasteiger partial charge in [0, 0.05) is 20.4 Å². The van der Waals surface area contributed by atoms with Gasteiger partial charge < -0.3 is 45.8 Å². The average Bonchev–Trinajstić information content (AvgIpc) is 4.04. The van der Waals surface area contributed by atoms with Crippen LogP contribution in [0.15, 0.2) is 42.4 Å². The Balaban J connectivity index is 0.989. The number of phosphoric ester groups is 1. The number of thiol groups is 1. The Hall–Kier alpha value is -4.21. The number of fused-ring (bicyclic) bond motifs is 2. The lowest BCUT2D eigenvalue weighted by atomic mass is 10.0. The largest absolute Gasteiger partial charge is 0.472 e. The van der Waals surface area contributed by atoms with Gasteiger partial charge in [-0.25, -0.2) is 43.8 Å². The van der Waals surface area contributed by atoms with Crippen molar-refractivity contribution in [2.24, 2.45) is 5.92 Å². The summed E-state index contributed by atoms with van der Waals surface area (Å²) in [6.45, 7) is -1.71. The maximum atomic E-state index is 14.1. The highest BCUT2D eigenvalue weighted by atomic mass is 32.7. The molecule has 13 atom stereocenters. The first-order valence-electron chi connectivity index (χ1n) is 18.6. The minimum Gasteiger partial charge on any atom is -0.383 e. The van der Waals surface area contributed by atoms with Gasteiger partial charge >= 0.3 is 20.3 Å². The molecule has 3 fully saturated rings. The van der Waals surface area contributed by atoms with Gasteiger partial charge in [-0.2, -0.15) is 4.98 Å². The van der Waals surface area contributed by atoms with Crippen molar-refractivity contribution in [1.82, 2.24) is 48.6 Å². The van der Waals surface area contributed by atoms with Gasteiger partial charge in [-0.1, -0.05) is 19.2 Å². The van der Waals surface area contributed by atoms with Crippen LogP contribution >= 0.6 is 26.9 Å². The fourth-order valence-corrected chi connectivity index (χ4v) is 10.1. The molecule has 29 heteroatoms. The van der Waals surface area contributed by atoms with E-state index in [-0.39, 0.29) is 41.1 Å². The van der Waals surface area contributed by atoms with Crippen molar-refractivity contribution in [3.63, 3.8) is 0 Å². The molecule has 8 heterocycles. The molecule has 26 nitrogen and oxygen atoms in total. The Kier molecular flexibility index (Phi) is 12.2. The van der Waals surface area contributed by atoms with Crippen molar-refractivity contribution < 1.29 is 55.8 Å². The van der Waals surface area contributed by atoms with E-state index in [1.165, 1.54) is 50.0 Å². The molecule has 5 aromatic heterocycles. The molecule has 3 saturated heterocycles. The summed E-state index contributed by atoms with van der Waals surface area (Å²) in [6.07, 6.45) is -2.77. The lowest BCUT2D eigenvalue weighted by Crippen LogP contribution is -2.38. The molecule has 7 N–H and O–H groups in total. The number of anilines is 3. The summed E-state index contributed by atoms with van der Waals surface area (Å²) in [5, 5.41) is 0. The van der Waals surface area contributed by atoms with Gasteiger partial charge in [-0.3, -0.25) is 31.8 Å². The Bertz CT molecular complexity index is 2550. The second-order valence-corrected chi connectivity index (χ2v) is 18.7. The summed E-state index contributed by atoms with van der Waals surface area (Å²) in [4.78, 5) is 52.5. The van der Waals surface area contributed by atoms with Crippen molar-refractivity contribution in [3.8, 4) is 0 Å². The quantitative estimate of drug-likeness (QED) is 0.0731. The number of ether oxygens (including phenoxy) is 5. The number of hydrogen-bond acceptors (Lipinski definition) is 22. The third kappa shape index (κ3) is 8.63. The van der Waals surface area contributed by atoms with Gasteiger partial charge in [0.1, 0.15) is 66.3 Å². The summed E-state index contributed by atoms with van der Waals surface area (Å²) >= 11 is 4.30. The molecule has 0 aliphatic carbocycles. The second-order valence-electron chi connectivity index (χ2n) is 14.4. The smallest absolute Gasteiger partial charge is 0.383 e. The van der Waals surface area contributed by atoms with Crippen molar-refractivity contribution in [1.29, 1.82) is 0 Å². The topological polar surface area (TPSA) is 338 Å². The highest BCUT2D eigenvalue weighted by Gasteiger charge is 2.53. The molecule has 5 aromatic rings. The first-order valence-corrected chi connectivity index (χ1v) is 22.8. The lowest BCUT2D eigenvalue weighted by Gasteiger charge is -2.27. The number of nitrogen functional groups attached to an aromatic ring is 3. The number of aromatic nitrogens is 10. The molecular weight excluding hydrogens is 868 g/mol. The number of nitrogens with zero attached hydrogens (tertiary/aromatic N) is 10. The van der Waals surface area contributed by atoms with Crippen LogP contribution in [0.2, 0.25) is 0 Å². The van der Waals surface area contributed by atoms with E-state index in [0.717, 1.165) is 4.57 Å². The van der Waals surface area contributed by atoms with Crippen molar-refractivity contribution >= 4 is 66.7 Å². The van der Waals surface area contributed by atoms with Crippen LogP contribution in [0.25, 0.3) is 22.3 Å². The number of hydrogen-bond donors (Lipinski definition) is 5. The standard InChI is InChI=1S/C32H43N13O13P2S/c1-14-7-19(44-12-40-20-26(34)36-10-38-28(20)44)55-16(14)8-53-60(49,61)58-23-17(56-31(25(23)51-4)45-13-41-21-27(35)37-11-39-29(21)45)9-52-59(47,48)57-22-15(2)54-30(24(22)50-3)43-6-5-18(33)42-32(43)46/h5-6,10-17,19,22-25,30-31H,7-9H2,1-4H3,(H,47,48)(H,49,61)(H2,33,42,46)(H2,34,36,38)(H2,35,37,39)/t14?,15-,16-,17-,19-,22?,23?,24?,25?,30-,31-,60?/m1/s1. The van der Waals surface area contributed by atoms with E-state index in [1.807, 2.05) is 6.92 Å². The molecule has 8 rings (SSSR count). The number of methoxy groups -OCH3 is 2. The van der Waals surface area contributed by atoms with E-state index in [2.05, 4.69) is 47.1 Å². The Morgan fingerprint density at radius 3 is 2.05 bits per heavy atom. The van der Waals surface area contributed by atoms with Gasteiger partial charge in [0.15, 0.2) is 35.4 Å². The van der Waals surface area contributed by atoms with Gasteiger partial charge in [0.2, 0.25) is 0 Å². The summed E-state index contributed by atoms with van der Waals surface area (Å²) < 4.78 is 84.9. The van der Waals surface area contributed by atoms with E-state index in [1.54, 1.807) is 17.8 Å². The van der Waals surface area contributed by atoms with Crippen LogP contribution in [0.1, 0.15) is 39.0 Å². The maximum absolute atomic E-state index is 14.1. The molecule has 0 aromatic carbocycles. The highest BCUT2D eigenvalue weighted by molar-refractivity contribution is 8.44. The van der Waals surface area contributed by atoms with Gasteiger partial charge in [-0.05, 0) is 25.3 Å². The zero-order valence-corrected chi connectivity index (χ0v) is 35.5. The molecule has 0 bridgehead atoms. The van der Waals surface area contributed by atoms with Crippen LogP contribution in [0.5, 0.6) is 0 Å². The predicted molar refractivity (Wildman–Crippen MR) is 213 cm³/mol. The van der Waals surface area contributed by atoms with Crippen LogP contribution in [0, 0.1) is 5.92 Å². The molecule has 0 spiro atoms. The zero-order valence-electron chi connectivity index (χ0n) is 32.8. The highest BCUT2D eigenvalue weighted by Crippen LogP contribution is 2.58. The summed E-state index contributed by atoms with van der Waals surface area (Å²) in [5.41, 5.74) is 18.3.